The molecule has 2 heterocycles. The summed E-state index contributed by atoms with van der Waals surface area (Å²) in [6, 6.07) is -0.359. The van der Waals surface area contributed by atoms with Crippen LogP contribution < -0.4 is 5.73 Å². The van der Waals surface area contributed by atoms with Crippen LogP contribution in [0.1, 0.15) is 38.9 Å². The molecule has 0 radical (unpaired) electrons. The van der Waals surface area contributed by atoms with Crippen LogP contribution in [0.5, 0.6) is 0 Å². The number of carbonyl (C=O) groups is 1. The van der Waals surface area contributed by atoms with Gasteiger partial charge in [0.05, 0.1) is 6.04 Å². The summed E-state index contributed by atoms with van der Waals surface area (Å²) in [7, 11) is 2.02. The van der Waals surface area contributed by atoms with E-state index in [2.05, 4.69) is 23.4 Å². The Hall–Kier alpha value is -1.36. The number of nitrogens with two attached hydrogens (primary N) is 1. The van der Waals surface area contributed by atoms with Crippen LogP contribution in [0.25, 0.3) is 0 Å². The largest absolute Gasteiger partial charge is 0.341 e. The topological polar surface area (TPSA) is 64.2 Å². The minimum Gasteiger partial charge on any atom is -0.341 e. The Kier molecular flexibility index (Phi) is 5.39. The van der Waals surface area contributed by atoms with Gasteiger partial charge in [0.25, 0.3) is 0 Å². The van der Waals surface area contributed by atoms with Crippen molar-refractivity contribution in [1.29, 1.82) is 0 Å². The van der Waals surface area contributed by atoms with E-state index in [1.54, 1.807) is 0 Å². The molecule has 0 unspecified atom stereocenters. The molecular weight excluding hydrogens is 264 g/mol. The quantitative estimate of drug-likeness (QED) is 0.896. The van der Waals surface area contributed by atoms with Crippen molar-refractivity contribution in [2.24, 2.45) is 24.6 Å². The first-order valence-corrected chi connectivity index (χ1v) is 8.03. The third-order valence-electron chi connectivity index (χ3n) is 4.77. The van der Waals surface area contributed by atoms with Crippen LogP contribution in [0, 0.1) is 11.8 Å². The summed E-state index contributed by atoms with van der Waals surface area (Å²) in [5, 5.41) is 0. The SMILES string of the molecule is CC[C@H](C)[C@H](N)C(=O)N1CCC[C@H](Cc2nccn2C)C1. The van der Waals surface area contributed by atoms with E-state index in [9.17, 15) is 4.79 Å². The summed E-state index contributed by atoms with van der Waals surface area (Å²) in [6.07, 6.45) is 7.91. The van der Waals surface area contributed by atoms with Crippen molar-refractivity contribution in [1.82, 2.24) is 14.5 Å². The van der Waals surface area contributed by atoms with Gasteiger partial charge in [-0.1, -0.05) is 20.3 Å². The standard InChI is InChI=1S/C16H28N4O/c1-4-12(2)15(17)16(21)20-8-5-6-13(11-20)10-14-18-7-9-19(14)3/h7,9,12-13,15H,4-6,8,10-11,17H2,1-3H3/t12-,13+,15-/m0/s1. The van der Waals surface area contributed by atoms with Crippen molar-refractivity contribution in [3.63, 3.8) is 0 Å². The van der Waals surface area contributed by atoms with E-state index in [0.29, 0.717) is 5.92 Å². The minimum atomic E-state index is -0.359. The lowest BCUT2D eigenvalue weighted by Crippen LogP contribution is -2.50. The summed E-state index contributed by atoms with van der Waals surface area (Å²) in [5.41, 5.74) is 6.10. The van der Waals surface area contributed by atoms with Gasteiger partial charge in [-0.25, -0.2) is 4.98 Å². The highest BCUT2D eigenvalue weighted by Crippen LogP contribution is 2.21. The van der Waals surface area contributed by atoms with Gasteiger partial charge in [0, 0.05) is 39.0 Å². The highest BCUT2D eigenvalue weighted by atomic mass is 16.2. The van der Waals surface area contributed by atoms with Crippen molar-refractivity contribution in [3.8, 4) is 0 Å². The van der Waals surface area contributed by atoms with Gasteiger partial charge in [-0.05, 0) is 24.7 Å². The number of piperidine rings is 1. The summed E-state index contributed by atoms with van der Waals surface area (Å²) >= 11 is 0. The molecule has 118 valence electrons. The summed E-state index contributed by atoms with van der Waals surface area (Å²) in [5.74, 6) is 1.95. The fraction of sp³-hybridized carbons (Fsp3) is 0.750. The molecule has 0 aliphatic carbocycles. The molecule has 0 aromatic carbocycles. The lowest BCUT2D eigenvalue weighted by Gasteiger charge is -2.35. The van der Waals surface area contributed by atoms with Gasteiger partial charge in [-0.3, -0.25) is 4.79 Å². The highest BCUT2D eigenvalue weighted by molar-refractivity contribution is 5.82. The molecule has 3 atom stereocenters. The smallest absolute Gasteiger partial charge is 0.239 e. The predicted molar refractivity (Wildman–Crippen MR) is 83.6 cm³/mol. The summed E-state index contributed by atoms with van der Waals surface area (Å²) in [4.78, 5) is 18.9. The lowest BCUT2D eigenvalue weighted by molar-refractivity contribution is -0.135. The van der Waals surface area contributed by atoms with Crippen molar-refractivity contribution in [2.75, 3.05) is 13.1 Å². The predicted octanol–water partition coefficient (Wildman–Crippen LogP) is 1.57. The average Bonchev–Trinajstić information content (AvgIpc) is 2.90. The molecule has 0 saturated carbocycles. The van der Waals surface area contributed by atoms with Gasteiger partial charge in [0.15, 0.2) is 0 Å². The van der Waals surface area contributed by atoms with Crippen LogP contribution in [0.15, 0.2) is 12.4 Å². The Morgan fingerprint density at radius 3 is 2.95 bits per heavy atom. The maximum Gasteiger partial charge on any atom is 0.239 e. The molecule has 1 aliphatic rings. The second kappa shape index (κ2) is 7.07. The minimum absolute atomic E-state index is 0.119. The number of hydrogen-bond acceptors (Lipinski definition) is 3. The third kappa shape index (κ3) is 3.84. The fourth-order valence-electron chi connectivity index (χ4n) is 2.99. The first-order valence-electron chi connectivity index (χ1n) is 8.03. The summed E-state index contributed by atoms with van der Waals surface area (Å²) in [6.45, 7) is 5.80. The van der Waals surface area contributed by atoms with Gasteiger partial charge >= 0.3 is 0 Å². The molecule has 5 nitrogen and oxygen atoms in total. The van der Waals surface area contributed by atoms with E-state index in [-0.39, 0.29) is 17.9 Å². The number of likely N-dealkylation sites (tertiary alicyclic amines) is 1. The van der Waals surface area contributed by atoms with E-state index in [1.807, 2.05) is 24.3 Å². The molecule has 1 aliphatic heterocycles. The van der Waals surface area contributed by atoms with E-state index >= 15 is 0 Å². The van der Waals surface area contributed by atoms with E-state index < -0.39 is 0 Å². The molecule has 1 aromatic rings. The van der Waals surface area contributed by atoms with Crippen LogP contribution in [-0.2, 0) is 18.3 Å². The van der Waals surface area contributed by atoms with Gasteiger partial charge in [-0.15, -0.1) is 0 Å². The zero-order chi connectivity index (χ0) is 15.4. The maximum atomic E-state index is 12.5. The number of carbonyl (C=O) groups excluding carboxylic acids is 1. The Morgan fingerprint density at radius 2 is 2.33 bits per heavy atom. The molecule has 21 heavy (non-hydrogen) atoms. The van der Waals surface area contributed by atoms with E-state index in [1.165, 1.54) is 0 Å². The molecular formula is C16H28N4O. The normalized spacial score (nSPS) is 22.1. The number of aryl methyl sites for hydroxylation is 1. The third-order valence-corrected chi connectivity index (χ3v) is 4.77. The van der Waals surface area contributed by atoms with Crippen LogP contribution in [-0.4, -0.2) is 39.5 Å². The Morgan fingerprint density at radius 1 is 1.57 bits per heavy atom. The molecule has 1 saturated heterocycles. The number of hydrogen-bond donors (Lipinski definition) is 1. The molecule has 1 amide bonds. The molecule has 1 fully saturated rings. The number of imidazole rings is 1. The number of aromatic nitrogens is 2. The van der Waals surface area contributed by atoms with Crippen LogP contribution in [0.3, 0.4) is 0 Å². The van der Waals surface area contributed by atoms with Crippen LogP contribution in [0.2, 0.25) is 0 Å². The zero-order valence-corrected chi connectivity index (χ0v) is 13.5. The van der Waals surface area contributed by atoms with Crippen molar-refractivity contribution in [3.05, 3.63) is 18.2 Å². The van der Waals surface area contributed by atoms with Gasteiger partial charge < -0.3 is 15.2 Å². The van der Waals surface area contributed by atoms with Crippen molar-refractivity contribution < 1.29 is 4.79 Å². The average molecular weight is 292 g/mol. The van der Waals surface area contributed by atoms with Crippen molar-refractivity contribution >= 4 is 5.91 Å². The van der Waals surface area contributed by atoms with Gasteiger partial charge in [0.2, 0.25) is 5.91 Å². The number of amides is 1. The second-order valence-corrected chi connectivity index (χ2v) is 6.36. The van der Waals surface area contributed by atoms with Crippen LogP contribution in [0.4, 0.5) is 0 Å². The first kappa shape index (κ1) is 16.0. The van der Waals surface area contributed by atoms with Gasteiger partial charge in [-0.2, -0.15) is 0 Å². The number of rotatable bonds is 5. The second-order valence-electron chi connectivity index (χ2n) is 6.36. The monoisotopic (exact) mass is 292 g/mol. The summed E-state index contributed by atoms with van der Waals surface area (Å²) < 4.78 is 2.06. The van der Waals surface area contributed by atoms with E-state index in [0.717, 1.165) is 44.6 Å². The molecule has 0 spiro atoms. The maximum absolute atomic E-state index is 12.5. The molecule has 0 bridgehead atoms. The molecule has 2 rings (SSSR count). The highest BCUT2D eigenvalue weighted by Gasteiger charge is 2.29. The lowest BCUT2D eigenvalue weighted by atomic mass is 9.92. The fourth-order valence-corrected chi connectivity index (χ4v) is 2.99. The Labute approximate surface area is 127 Å². The molecule has 2 N–H and O–H groups in total. The zero-order valence-electron chi connectivity index (χ0n) is 13.5. The van der Waals surface area contributed by atoms with Gasteiger partial charge in [0.1, 0.15) is 5.82 Å². The first-order chi connectivity index (χ1) is 10.0. The van der Waals surface area contributed by atoms with Crippen molar-refractivity contribution in [2.45, 2.75) is 45.6 Å². The van der Waals surface area contributed by atoms with Crippen LogP contribution >= 0.6 is 0 Å². The number of nitrogens with zero attached hydrogens (tertiary/aromatic N) is 3. The molecule has 5 heteroatoms. The molecule has 1 aromatic heterocycles. The van der Waals surface area contributed by atoms with E-state index in [4.69, 9.17) is 5.73 Å². The Bertz CT molecular complexity index is 471. The Balaban J connectivity index is 1.94.